The highest BCUT2D eigenvalue weighted by Crippen LogP contribution is 2.38. The number of anilines is 1. The van der Waals surface area contributed by atoms with Gasteiger partial charge in [0.05, 0.1) is 17.1 Å². The molecule has 4 rings (SSSR count). The largest absolute Gasteiger partial charge is 0.418 e. The lowest BCUT2D eigenvalue weighted by Crippen LogP contribution is -2.15. The van der Waals surface area contributed by atoms with Crippen molar-refractivity contribution >= 4 is 32.5 Å². The van der Waals surface area contributed by atoms with Crippen LogP contribution < -0.4 is 5.32 Å². The number of nitrogens with one attached hydrogen (secondary N) is 1. The Bertz CT molecular complexity index is 1160. The third-order valence-corrected chi connectivity index (χ3v) is 4.65. The number of fused-ring (bicyclic) bond motifs is 1. The molecule has 29 heavy (non-hydrogen) atoms. The first-order valence-corrected chi connectivity index (χ1v) is 9.23. The molecular formula is C18H13BrF3N7. The van der Waals surface area contributed by atoms with Gasteiger partial charge in [-0.3, -0.25) is 4.98 Å². The molecule has 0 radical (unpaired) electrons. The quantitative estimate of drug-likeness (QED) is 0.477. The van der Waals surface area contributed by atoms with Crippen molar-refractivity contribution in [2.45, 2.75) is 19.1 Å². The first-order valence-electron chi connectivity index (χ1n) is 8.44. The van der Waals surface area contributed by atoms with E-state index in [1.165, 1.54) is 17.2 Å². The van der Waals surface area contributed by atoms with Gasteiger partial charge in [0.2, 0.25) is 0 Å². The van der Waals surface area contributed by atoms with Gasteiger partial charge in [-0.15, -0.1) is 0 Å². The van der Waals surface area contributed by atoms with Gasteiger partial charge in [0.25, 0.3) is 5.95 Å². The summed E-state index contributed by atoms with van der Waals surface area (Å²) in [7, 11) is 0. The minimum absolute atomic E-state index is 0.134. The van der Waals surface area contributed by atoms with E-state index >= 15 is 0 Å². The van der Waals surface area contributed by atoms with Crippen LogP contribution in [-0.4, -0.2) is 29.7 Å². The molecule has 0 saturated heterocycles. The molecule has 0 fully saturated rings. The molecule has 3 heterocycles. The summed E-state index contributed by atoms with van der Waals surface area (Å²) in [6, 6.07) is 5.51. The SMILES string of the molecule is C[C@H](Nc1ccnc2c(C(F)(F)F)cc(Br)cc12)c1ncnn1-c1ncccn1. The minimum Gasteiger partial charge on any atom is -0.375 e. The lowest BCUT2D eigenvalue weighted by atomic mass is 10.1. The first kappa shape index (κ1) is 19.2. The molecule has 4 aromatic rings. The molecule has 0 aliphatic heterocycles. The van der Waals surface area contributed by atoms with Crippen LogP contribution >= 0.6 is 15.9 Å². The number of alkyl halides is 3. The summed E-state index contributed by atoms with van der Waals surface area (Å²) in [5.74, 6) is 0.850. The lowest BCUT2D eigenvalue weighted by molar-refractivity contribution is -0.136. The van der Waals surface area contributed by atoms with E-state index in [4.69, 9.17) is 0 Å². The molecule has 0 aliphatic carbocycles. The van der Waals surface area contributed by atoms with Gasteiger partial charge in [-0.2, -0.15) is 23.0 Å². The van der Waals surface area contributed by atoms with Crippen molar-refractivity contribution in [3.63, 3.8) is 0 Å². The molecule has 0 amide bonds. The van der Waals surface area contributed by atoms with Crippen molar-refractivity contribution in [1.29, 1.82) is 0 Å². The van der Waals surface area contributed by atoms with Crippen LogP contribution in [0.2, 0.25) is 0 Å². The molecule has 3 aromatic heterocycles. The highest BCUT2D eigenvalue weighted by Gasteiger charge is 2.34. The van der Waals surface area contributed by atoms with Gasteiger partial charge in [0.15, 0.2) is 5.82 Å². The Labute approximate surface area is 171 Å². The molecule has 11 heteroatoms. The number of pyridine rings is 1. The zero-order valence-electron chi connectivity index (χ0n) is 14.9. The molecule has 1 aromatic carbocycles. The molecule has 7 nitrogen and oxygen atoms in total. The van der Waals surface area contributed by atoms with Gasteiger partial charge in [-0.25, -0.2) is 15.0 Å². The van der Waals surface area contributed by atoms with E-state index in [9.17, 15) is 13.2 Å². The average Bonchev–Trinajstić information content (AvgIpc) is 3.18. The number of nitrogens with zero attached hydrogens (tertiary/aromatic N) is 6. The Morgan fingerprint density at radius 3 is 2.55 bits per heavy atom. The van der Waals surface area contributed by atoms with Crippen molar-refractivity contribution in [3.8, 4) is 5.95 Å². The fraction of sp³-hybridized carbons (Fsp3) is 0.167. The standard InChI is InChI=1S/C18H13BrF3N7/c1-10(16-26-9-27-29(16)17-24-4-2-5-25-17)28-14-3-6-23-15-12(14)7-11(19)8-13(15)18(20,21)22/h2-10H,1H3,(H,23,28)/t10-/m0/s1. The van der Waals surface area contributed by atoms with E-state index in [1.54, 1.807) is 30.6 Å². The van der Waals surface area contributed by atoms with E-state index in [1.807, 2.05) is 6.92 Å². The Morgan fingerprint density at radius 1 is 1.07 bits per heavy atom. The highest BCUT2D eigenvalue weighted by molar-refractivity contribution is 9.10. The fourth-order valence-corrected chi connectivity index (χ4v) is 3.42. The molecule has 0 saturated carbocycles. The van der Waals surface area contributed by atoms with Gasteiger partial charge in [-0.05, 0) is 31.2 Å². The molecule has 1 atom stereocenters. The van der Waals surface area contributed by atoms with Crippen LogP contribution in [0.5, 0.6) is 0 Å². The highest BCUT2D eigenvalue weighted by atomic mass is 79.9. The predicted octanol–water partition coefficient (Wildman–Crippen LogP) is 4.56. The van der Waals surface area contributed by atoms with Crippen LogP contribution in [0, 0.1) is 0 Å². The van der Waals surface area contributed by atoms with Crippen LogP contribution in [0.3, 0.4) is 0 Å². The van der Waals surface area contributed by atoms with E-state index in [0.717, 1.165) is 6.07 Å². The monoisotopic (exact) mass is 463 g/mol. The van der Waals surface area contributed by atoms with E-state index in [0.29, 0.717) is 27.3 Å². The summed E-state index contributed by atoms with van der Waals surface area (Å²) in [6.45, 7) is 1.82. The summed E-state index contributed by atoms with van der Waals surface area (Å²) in [5.41, 5.74) is -0.456. The Morgan fingerprint density at radius 2 is 1.83 bits per heavy atom. The number of benzene rings is 1. The molecule has 0 unspecified atom stereocenters. The maximum absolute atomic E-state index is 13.4. The normalized spacial score (nSPS) is 12.9. The van der Waals surface area contributed by atoms with E-state index in [-0.39, 0.29) is 5.52 Å². The molecular weight excluding hydrogens is 451 g/mol. The summed E-state index contributed by atoms with van der Waals surface area (Å²) >= 11 is 3.16. The second-order valence-corrected chi connectivity index (χ2v) is 7.07. The molecule has 148 valence electrons. The number of halogens is 4. The first-order chi connectivity index (χ1) is 13.8. The van der Waals surface area contributed by atoms with Crippen molar-refractivity contribution in [2.24, 2.45) is 0 Å². The number of hydrogen-bond donors (Lipinski definition) is 1. The number of aromatic nitrogens is 6. The smallest absolute Gasteiger partial charge is 0.375 e. The molecule has 0 spiro atoms. The minimum atomic E-state index is -4.52. The van der Waals surface area contributed by atoms with Crippen LogP contribution in [0.4, 0.5) is 18.9 Å². The molecule has 1 N–H and O–H groups in total. The maximum atomic E-state index is 13.4. The average molecular weight is 464 g/mol. The zero-order valence-corrected chi connectivity index (χ0v) is 16.5. The van der Waals surface area contributed by atoms with Crippen molar-refractivity contribution in [1.82, 2.24) is 29.7 Å². The van der Waals surface area contributed by atoms with Crippen LogP contribution in [0.1, 0.15) is 24.4 Å². The summed E-state index contributed by atoms with van der Waals surface area (Å²) in [6.07, 6.45) is 1.35. The second kappa shape index (κ2) is 7.39. The Hall–Kier alpha value is -3.08. The Kier molecular flexibility index (Phi) is 4.91. The fourth-order valence-electron chi connectivity index (χ4n) is 2.96. The van der Waals surface area contributed by atoms with Gasteiger partial charge < -0.3 is 5.32 Å². The van der Waals surface area contributed by atoms with Gasteiger partial charge in [-0.1, -0.05) is 15.9 Å². The molecule has 0 bridgehead atoms. The zero-order chi connectivity index (χ0) is 20.6. The number of rotatable bonds is 4. The third kappa shape index (κ3) is 3.77. The third-order valence-electron chi connectivity index (χ3n) is 4.19. The summed E-state index contributed by atoms with van der Waals surface area (Å²) in [4.78, 5) is 16.5. The lowest BCUT2D eigenvalue weighted by Gasteiger charge is -2.18. The Balaban J connectivity index is 1.75. The van der Waals surface area contributed by atoms with E-state index in [2.05, 4.69) is 46.3 Å². The van der Waals surface area contributed by atoms with Crippen molar-refractivity contribution < 1.29 is 13.2 Å². The molecule has 0 aliphatic rings. The number of hydrogen-bond acceptors (Lipinski definition) is 6. The van der Waals surface area contributed by atoms with Crippen LogP contribution in [-0.2, 0) is 6.18 Å². The summed E-state index contributed by atoms with van der Waals surface area (Å²) < 4.78 is 42.1. The predicted molar refractivity (Wildman–Crippen MR) is 103 cm³/mol. The summed E-state index contributed by atoms with van der Waals surface area (Å²) in [5, 5.41) is 7.68. The topological polar surface area (TPSA) is 81.4 Å². The van der Waals surface area contributed by atoms with Gasteiger partial charge >= 0.3 is 6.18 Å². The van der Waals surface area contributed by atoms with Crippen molar-refractivity contribution in [2.75, 3.05) is 5.32 Å². The maximum Gasteiger partial charge on any atom is 0.418 e. The van der Waals surface area contributed by atoms with Gasteiger partial charge in [0, 0.05) is 34.1 Å². The van der Waals surface area contributed by atoms with Crippen LogP contribution in [0.15, 0.2) is 53.7 Å². The van der Waals surface area contributed by atoms with Crippen molar-refractivity contribution in [3.05, 3.63) is 65.0 Å². The second-order valence-electron chi connectivity index (χ2n) is 6.15. The van der Waals surface area contributed by atoms with E-state index < -0.39 is 17.8 Å². The van der Waals surface area contributed by atoms with Gasteiger partial charge in [0.1, 0.15) is 6.33 Å². The van der Waals surface area contributed by atoms with Crippen LogP contribution in [0.25, 0.3) is 16.9 Å².